The molecule has 0 aliphatic carbocycles. The Morgan fingerprint density at radius 1 is 0.967 bits per heavy atom. The van der Waals surface area contributed by atoms with E-state index in [1.165, 1.54) is 7.11 Å². The van der Waals surface area contributed by atoms with Gasteiger partial charge in [0.1, 0.15) is 18.2 Å². The predicted molar refractivity (Wildman–Crippen MR) is 113 cm³/mol. The molecule has 7 heteroatoms. The number of nitrogens with one attached hydrogen (secondary N) is 1. The maximum absolute atomic E-state index is 12.2. The van der Waals surface area contributed by atoms with Crippen LogP contribution in [0, 0.1) is 0 Å². The third-order valence-corrected chi connectivity index (χ3v) is 4.08. The summed E-state index contributed by atoms with van der Waals surface area (Å²) in [4.78, 5) is 24.3. The normalized spacial score (nSPS) is 11.9. The van der Waals surface area contributed by atoms with E-state index < -0.39 is 23.7 Å². The zero-order valence-corrected chi connectivity index (χ0v) is 18.1. The zero-order chi connectivity index (χ0) is 22.1. The average Bonchev–Trinajstić information content (AvgIpc) is 2.70. The van der Waals surface area contributed by atoms with E-state index in [1.807, 2.05) is 30.3 Å². The van der Waals surface area contributed by atoms with Crippen LogP contribution in [0.3, 0.4) is 0 Å². The SMILES string of the molecule is COC(=O)C(Cc1ccc(OC)c(OCc2ccccc2)c1)NC(=O)OC(C)(C)C. The van der Waals surface area contributed by atoms with E-state index in [2.05, 4.69) is 5.32 Å². The number of amides is 1. The number of carbonyl (C=O) groups excluding carboxylic acids is 2. The van der Waals surface area contributed by atoms with Crippen LogP contribution in [0.4, 0.5) is 4.79 Å². The van der Waals surface area contributed by atoms with Crippen molar-refractivity contribution in [3.63, 3.8) is 0 Å². The minimum absolute atomic E-state index is 0.206. The lowest BCUT2D eigenvalue weighted by atomic mass is 10.1. The first kappa shape index (κ1) is 23.1. The van der Waals surface area contributed by atoms with Crippen LogP contribution in [-0.4, -0.2) is 37.9 Å². The fourth-order valence-corrected chi connectivity index (χ4v) is 2.72. The van der Waals surface area contributed by atoms with Crippen LogP contribution >= 0.6 is 0 Å². The van der Waals surface area contributed by atoms with Crippen LogP contribution in [0.25, 0.3) is 0 Å². The molecule has 162 valence electrons. The summed E-state index contributed by atoms with van der Waals surface area (Å²) in [5.41, 5.74) is 1.11. The van der Waals surface area contributed by atoms with Crippen LogP contribution < -0.4 is 14.8 Å². The quantitative estimate of drug-likeness (QED) is 0.659. The van der Waals surface area contributed by atoms with Gasteiger partial charge in [-0.1, -0.05) is 36.4 Å². The van der Waals surface area contributed by atoms with Gasteiger partial charge in [-0.25, -0.2) is 9.59 Å². The molecule has 7 nitrogen and oxygen atoms in total. The Morgan fingerprint density at radius 2 is 1.67 bits per heavy atom. The summed E-state index contributed by atoms with van der Waals surface area (Å²) in [6, 6.07) is 14.2. The number of alkyl carbamates (subject to hydrolysis) is 1. The number of carbonyl (C=O) groups is 2. The fraction of sp³-hybridized carbons (Fsp3) is 0.391. The molecule has 0 spiro atoms. The second-order valence-corrected chi connectivity index (χ2v) is 7.69. The molecule has 0 bridgehead atoms. The minimum atomic E-state index is -0.903. The van der Waals surface area contributed by atoms with Gasteiger partial charge in [0.2, 0.25) is 0 Å². The van der Waals surface area contributed by atoms with Crippen molar-refractivity contribution in [3.05, 3.63) is 59.7 Å². The van der Waals surface area contributed by atoms with Crippen molar-refractivity contribution in [1.82, 2.24) is 5.32 Å². The van der Waals surface area contributed by atoms with Gasteiger partial charge in [0.25, 0.3) is 0 Å². The molecular weight excluding hydrogens is 386 g/mol. The van der Waals surface area contributed by atoms with Crippen molar-refractivity contribution in [2.75, 3.05) is 14.2 Å². The number of benzene rings is 2. The van der Waals surface area contributed by atoms with Crippen LogP contribution in [0.1, 0.15) is 31.9 Å². The molecular formula is C23H29NO6. The van der Waals surface area contributed by atoms with Crippen molar-refractivity contribution in [3.8, 4) is 11.5 Å². The van der Waals surface area contributed by atoms with E-state index in [-0.39, 0.29) is 6.42 Å². The Hall–Kier alpha value is -3.22. The molecule has 0 fully saturated rings. The first-order chi connectivity index (χ1) is 14.2. The highest BCUT2D eigenvalue weighted by Crippen LogP contribution is 2.29. The molecule has 1 atom stereocenters. The van der Waals surface area contributed by atoms with Crippen LogP contribution in [0.15, 0.2) is 48.5 Å². The summed E-state index contributed by atoms with van der Waals surface area (Å²) in [5.74, 6) is 0.549. The minimum Gasteiger partial charge on any atom is -0.493 e. The van der Waals surface area contributed by atoms with E-state index >= 15 is 0 Å². The molecule has 0 aliphatic rings. The summed E-state index contributed by atoms with van der Waals surface area (Å²) in [7, 11) is 2.83. The number of hydrogen-bond donors (Lipinski definition) is 1. The molecule has 2 aromatic carbocycles. The number of ether oxygens (including phenoxy) is 4. The molecule has 0 saturated carbocycles. The van der Waals surface area contributed by atoms with Crippen LogP contribution in [0.5, 0.6) is 11.5 Å². The topological polar surface area (TPSA) is 83.1 Å². The summed E-state index contributed by atoms with van der Waals surface area (Å²) in [6.07, 6.45) is -0.482. The lowest BCUT2D eigenvalue weighted by molar-refractivity contribution is -0.143. The van der Waals surface area contributed by atoms with Crippen molar-refractivity contribution >= 4 is 12.1 Å². The summed E-state index contributed by atoms with van der Waals surface area (Å²) in [6.45, 7) is 5.62. The van der Waals surface area contributed by atoms with Crippen molar-refractivity contribution in [2.24, 2.45) is 0 Å². The van der Waals surface area contributed by atoms with Gasteiger partial charge in [0.15, 0.2) is 11.5 Å². The number of esters is 1. The van der Waals surface area contributed by atoms with Gasteiger partial charge in [0, 0.05) is 6.42 Å². The maximum Gasteiger partial charge on any atom is 0.408 e. The smallest absolute Gasteiger partial charge is 0.408 e. The van der Waals surface area contributed by atoms with Gasteiger partial charge in [-0.2, -0.15) is 0 Å². The Bertz CT molecular complexity index is 845. The third kappa shape index (κ3) is 7.31. The van der Waals surface area contributed by atoms with E-state index in [1.54, 1.807) is 46.1 Å². The van der Waals surface area contributed by atoms with E-state index in [0.29, 0.717) is 18.1 Å². The van der Waals surface area contributed by atoms with E-state index in [4.69, 9.17) is 18.9 Å². The van der Waals surface area contributed by atoms with Crippen molar-refractivity contribution in [2.45, 2.75) is 45.4 Å². The molecule has 0 aromatic heterocycles. The second kappa shape index (κ2) is 10.5. The van der Waals surface area contributed by atoms with Gasteiger partial charge < -0.3 is 24.3 Å². The molecule has 0 aliphatic heterocycles. The fourth-order valence-electron chi connectivity index (χ4n) is 2.72. The third-order valence-electron chi connectivity index (χ3n) is 4.08. The Kier molecular flexibility index (Phi) is 8.09. The molecule has 2 aromatic rings. The highest BCUT2D eigenvalue weighted by molar-refractivity contribution is 5.81. The largest absolute Gasteiger partial charge is 0.493 e. The number of rotatable bonds is 8. The lowest BCUT2D eigenvalue weighted by Crippen LogP contribution is -2.45. The van der Waals surface area contributed by atoms with Gasteiger partial charge in [-0.15, -0.1) is 0 Å². The second-order valence-electron chi connectivity index (χ2n) is 7.69. The zero-order valence-electron chi connectivity index (χ0n) is 18.1. The van der Waals surface area contributed by atoms with E-state index in [0.717, 1.165) is 11.1 Å². The molecule has 0 radical (unpaired) electrons. The van der Waals surface area contributed by atoms with Crippen LogP contribution in [-0.2, 0) is 27.3 Å². The van der Waals surface area contributed by atoms with E-state index in [9.17, 15) is 9.59 Å². The molecule has 1 amide bonds. The molecule has 30 heavy (non-hydrogen) atoms. The monoisotopic (exact) mass is 415 g/mol. The summed E-state index contributed by atoms with van der Waals surface area (Å²) < 4.78 is 21.4. The molecule has 1 N–H and O–H groups in total. The Balaban J connectivity index is 2.14. The van der Waals surface area contributed by atoms with Crippen molar-refractivity contribution in [1.29, 1.82) is 0 Å². The van der Waals surface area contributed by atoms with Gasteiger partial charge in [-0.3, -0.25) is 0 Å². The standard InChI is InChI=1S/C23H29NO6/c1-23(2,3)30-22(26)24-18(21(25)28-5)13-17-11-12-19(27-4)20(14-17)29-15-16-9-7-6-8-10-16/h6-12,14,18H,13,15H2,1-5H3,(H,24,26). The lowest BCUT2D eigenvalue weighted by Gasteiger charge is -2.23. The molecule has 2 rings (SSSR count). The molecule has 0 saturated heterocycles. The first-order valence-electron chi connectivity index (χ1n) is 9.63. The summed E-state index contributed by atoms with van der Waals surface area (Å²) >= 11 is 0. The maximum atomic E-state index is 12.2. The Labute approximate surface area is 177 Å². The van der Waals surface area contributed by atoms with Gasteiger partial charge >= 0.3 is 12.1 Å². The first-order valence-corrected chi connectivity index (χ1v) is 9.63. The van der Waals surface area contributed by atoms with Gasteiger partial charge in [-0.05, 0) is 44.0 Å². The highest BCUT2D eigenvalue weighted by atomic mass is 16.6. The number of hydrogen-bond acceptors (Lipinski definition) is 6. The van der Waals surface area contributed by atoms with Gasteiger partial charge in [0.05, 0.1) is 14.2 Å². The Morgan fingerprint density at radius 3 is 2.27 bits per heavy atom. The molecule has 0 heterocycles. The predicted octanol–water partition coefficient (Wildman–Crippen LogP) is 3.88. The summed E-state index contributed by atoms with van der Waals surface area (Å²) in [5, 5.41) is 2.57. The highest BCUT2D eigenvalue weighted by Gasteiger charge is 2.25. The van der Waals surface area contributed by atoms with Crippen molar-refractivity contribution < 1.29 is 28.5 Å². The number of methoxy groups -OCH3 is 2. The molecule has 1 unspecified atom stereocenters. The van der Waals surface area contributed by atoms with Crippen LogP contribution in [0.2, 0.25) is 0 Å². The average molecular weight is 415 g/mol.